The fraction of sp³-hybridized carbons (Fsp3) is 0.471. The Morgan fingerprint density at radius 2 is 2.11 bits per heavy atom. The standard InChI is InChI=1S/C17H22N2/c1-2-10-19-17-9-5-8-15(17)16-12-18-11-13-6-3-4-7-14(13)16/h3-4,6-7,11-12,15,17,19H,2,5,8-10H2,1H3. The summed E-state index contributed by atoms with van der Waals surface area (Å²) in [5, 5.41) is 6.36. The highest BCUT2D eigenvalue weighted by Gasteiger charge is 2.29. The lowest BCUT2D eigenvalue weighted by molar-refractivity contribution is 0.480. The highest BCUT2D eigenvalue weighted by atomic mass is 14.9. The second-order valence-corrected chi connectivity index (χ2v) is 5.55. The maximum absolute atomic E-state index is 4.44. The van der Waals surface area contributed by atoms with Gasteiger partial charge in [0.25, 0.3) is 0 Å². The first kappa shape index (κ1) is 12.6. The highest BCUT2D eigenvalue weighted by Crippen LogP contribution is 2.37. The molecule has 1 aliphatic carbocycles. The van der Waals surface area contributed by atoms with Gasteiger partial charge in [-0.3, -0.25) is 4.98 Å². The van der Waals surface area contributed by atoms with E-state index in [1.54, 1.807) is 0 Å². The average molecular weight is 254 g/mol. The monoisotopic (exact) mass is 254 g/mol. The van der Waals surface area contributed by atoms with Crippen molar-refractivity contribution in [2.45, 2.75) is 44.6 Å². The van der Waals surface area contributed by atoms with E-state index in [2.05, 4.69) is 47.7 Å². The van der Waals surface area contributed by atoms with Crippen LogP contribution in [-0.4, -0.2) is 17.6 Å². The van der Waals surface area contributed by atoms with Crippen LogP contribution >= 0.6 is 0 Å². The molecule has 1 saturated carbocycles. The van der Waals surface area contributed by atoms with Gasteiger partial charge in [-0.25, -0.2) is 0 Å². The molecule has 2 aromatic rings. The summed E-state index contributed by atoms with van der Waals surface area (Å²) in [5.41, 5.74) is 1.43. The Morgan fingerprint density at radius 3 is 3.00 bits per heavy atom. The molecule has 0 amide bonds. The van der Waals surface area contributed by atoms with Crippen LogP contribution in [0.3, 0.4) is 0 Å². The van der Waals surface area contributed by atoms with E-state index >= 15 is 0 Å². The fourth-order valence-corrected chi connectivity index (χ4v) is 3.34. The van der Waals surface area contributed by atoms with E-state index in [4.69, 9.17) is 0 Å². The quantitative estimate of drug-likeness (QED) is 0.896. The topological polar surface area (TPSA) is 24.9 Å². The van der Waals surface area contributed by atoms with Gasteiger partial charge >= 0.3 is 0 Å². The molecule has 0 radical (unpaired) electrons. The highest BCUT2D eigenvalue weighted by molar-refractivity contribution is 5.85. The smallest absolute Gasteiger partial charge is 0.0346 e. The Morgan fingerprint density at radius 1 is 1.21 bits per heavy atom. The molecule has 0 saturated heterocycles. The summed E-state index contributed by atoms with van der Waals surface area (Å²) in [6, 6.07) is 9.26. The first-order valence-corrected chi connectivity index (χ1v) is 7.46. The Balaban J connectivity index is 1.94. The molecule has 2 atom stereocenters. The van der Waals surface area contributed by atoms with Crippen LogP contribution in [0, 0.1) is 0 Å². The summed E-state index contributed by atoms with van der Waals surface area (Å²) >= 11 is 0. The van der Waals surface area contributed by atoms with Gasteiger partial charge in [0.1, 0.15) is 0 Å². The van der Waals surface area contributed by atoms with E-state index in [0.717, 1.165) is 6.54 Å². The van der Waals surface area contributed by atoms with Crippen molar-refractivity contribution < 1.29 is 0 Å². The Kier molecular flexibility index (Phi) is 3.79. The molecule has 0 bridgehead atoms. The minimum Gasteiger partial charge on any atom is -0.313 e. The van der Waals surface area contributed by atoms with Crippen molar-refractivity contribution >= 4 is 10.8 Å². The summed E-state index contributed by atoms with van der Waals surface area (Å²) in [6.07, 6.45) is 9.18. The minimum absolute atomic E-state index is 0.630. The third kappa shape index (κ3) is 2.50. The predicted molar refractivity (Wildman–Crippen MR) is 80.4 cm³/mol. The second-order valence-electron chi connectivity index (χ2n) is 5.55. The molecule has 1 aromatic heterocycles. The number of nitrogens with zero attached hydrogens (tertiary/aromatic N) is 1. The molecule has 1 aromatic carbocycles. The predicted octanol–water partition coefficient (Wildman–Crippen LogP) is 3.87. The van der Waals surface area contributed by atoms with Crippen molar-refractivity contribution in [1.29, 1.82) is 0 Å². The van der Waals surface area contributed by atoms with E-state index < -0.39 is 0 Å². The third-order valence-electron chi connectivity index (χ3n) is 4.27. The van der Waals surface area contributed by atoms with Crippen molar-refractivity contribution in [3.8, 4) is 0 Å². The lowest BCUT2D eigenvalue weighted by atomic mass is 9.91. The van der Waals surface area contributed by atoms with Crippen LogP contribution in [0.15, 0.2) is 36.7 Å². The molecule has 3 rings (SSSR count). The molecular weight excluding hydrogens is 232 g/mol. The SMILES string of the molecule is CCCNC1CCCC1c1cncc2ccccc12. The number of nitrogens with one attached hydrogen (secondary N) is 1. The van der Waals surface area contributed by atoms with Crippen LogP contribution in [0.25, 0.3) is 10.8 Å². The van der Waals surface area contributed by atoms with Crippen molar-refractivity contribution in [2.24, 2.45) is 0 Å². The summed E-state index contributed by atoms with van der Waals surface area (Å²) < 4.78 is 0. The third-order valence-corrected chi connectivity index (χ3v) is 4.27. The summed E-state index contributed by atoms with van der Waals surface area (Å²) in [7, 11) is 0. The largest absolute Gasteiger partial charge is 0.313 e. The minimum atomic E-state index is 0.630. The van der Waals surface area contributed by atoms with E-state index in [1.807, 2.05) is 6.20 Å². The van der Waals surface area contributed by atoms with Crippen LogP contribution in [0.2, 0.25) is 0 Å². The maximum Gasteiger partial charge on any atom is 0.0346 e. The van der Waals surface area contributed by atoms with Crippen LogP contribution in [0.1, 0.15) is 44.1 Å². The van der Waals surface area contributed by atoms with Gasteiger partial charge < -0.3 is 5.32 Å². The van der Waals surface area contributed by atoms with Gasteiger partial charge in [-0.1, -0.05) is 37.6 Å². The Hall–Kier alpha value is -1.41. The van der Waals surface area contributed by atoms with Gasteiger partial charge in [0.05, 0.1) is 0 Å². The molecule has 0 spiro atoms. The lowest BCUT2D eigenvalue weighted by Crippen LogP contribution is -2.31. The fourth-order valence-electron chi connectivity index (χ4n) is 3.34. The molecule has 2 nitrogen and oxygen atoms in total. The molecule has 2 heteroatoms. The van der Waals surface area contributed by atoms with E-state index in [0.29, 0.717) is 12.0 Å². The molecule has 0 aliphatic heterocycles. The lowest BCUT2D eigenvalue weighted by Gasteiger charge is -2.22. The van der Waals surface area contributed by atoms with Gasteiger partial charge in [-0.2, -0.15) is 0 Å². The summed E-state index contributed by atoms with van der Waals surface area (Å²) in [5.74, 6) is 0.630. The molecule has 19 heavy (non-hydrogen) atoms. The van der Waals surface area contributed by atoms with Crippen molar-refractivity contribution in [1.82, 2.24) is 10.3 Å². The molecular formula is C17H22N2. The van der Waals surface area contributed by atoms with Crippen LogP contribution in [-0.2, 0) is 0 Å². The number of benzene rings is 1. The summed E-state index contributed by atoms with van der Waals surface area (Å²) in [6.45, 7) is 3.36. The zero-order valence-corrected chi connectivity index (χ0v) is 11.6. The number of hydrogen-bond donors (Lipinski definition) is 1. The van der Waals surface area contributed by atoms with Crippen LogP contribution < -0.4 is 5.32 Å². The van der Waals surface area contributed by atoms with Gasteiger partial charge in [0.15, 0.2) is 0 Å². The summed E-state index contributed by atoms with van der Waals surface area (Å²) in [4.78, 5) is 4.44. The van der Waals surface area contributed by atoms with Crippen molar-refractivity contribution in [3.05, 3.63) is 42.2 Å². The normalized spacial score (nSPS) is 23.0. The Bertz CT molecular complexity index is 544. The molecule has 1 N–H and O–H groups in total. The number of fused-ring (bicyclic) bond motifs is 1. The van der Waals surface area contributed by atoms with Gasteiger partial charge in [0, 0.05) is 29.7 Å². The zero-order valence-electron chi connectivity index (χ0n) is 11.6. The van der Waals surface area contributed by atoms with Gasteiger partial charge in [-0.15, -0.1) is 0 Å². The van der Waals surface area contributed by atoms with Gasteiger partial charge in [0.2, 0.25) is 0 Å². The number of rotatable bonds is 4. The molecule has 1 aliphatic rings. The first-order valence-electron chi connectivity index (χ1n) is 7.46. The van der Waals surface area contributed by atoms with E-state index in [9.17, 15) is 0 Å². The number of aromatic nitrogens is 1. The molecule has 1 heterocycles. The van der Waals surface area contributed by atoms with Crippen molar-refractivity contribution in [3.63, 3.8) is 0 Å². The van der Waals surface area contributed by atoms with E-state index in [1.165, 1.54) is 42.0 Å². The van der Waals surface area contributed by atoms with Crippen molar-refractivity contribution in [2.75, 3.05) is 6.54 Å². The maximum atomic E-state index is 4.44. The van der Waals surface area contributed by atoms with Crippen LogP contribution in [0.4, 0.5) is 0 Å². The zero-order chi connectivity index (χ0) is 13.1. The second kappa shape index (κ2) is 5.70. The molecule has 1 fully saturated rings. The van der Waals surface area contributed by atoms with E-state index in [-0.39, 0.29) is 0 Å². The number of hydrogen-bond acceptors (Lipinski definition) is 2. The molecule has 100 valence electrons. The number of pyridine rings is 1. The average Bonchev–Trinajstić information content (AvgIpc) is 2.92. The first-order chi connectivity index (χ1) is 9.40. The van der Waals surface area contributed by atoms with Gasteiger partial charge in [-0.05, 0) is 36.8 Å². The molecule has 2 unspecified atom stereocenters. The van der Waals surface area contributed by atoms with Crippen LogP contribution in [0.5, 0.6) is 0 Å². The Labute approximate surface area is 115 Å².